The second kappa shape index (κ2) is 7.34. The summed E-state index contributed by atoms with van der Waals surface area (Å²) >= 11 is 5.96. The van der Waals surface area contributed by atoms with Gasteiger partial charge in [0.1, 0.15) is 18.5 Å². The minimum atomic E-state index is -0.593. The Bertz CT molecular complexity index is 584. The van der Waals surface area contributed by atoms with E-state index in [0.29, 0.717) is 11.6 Å². The molecule has 0 heterocycles. The average Bonchev–Trinajstić information content (AvgIpc) is 2.47. The van der Waals surface area contributed by atoms with Gasteiger partial charge in [0.05, 0.1) is 0 Å². The van der Waals surface area contributed by atoms with Gasteiger partial charge in [-0.05, 0) is 43.7 Å². The molecule has 1 unspecified atom stereocenters. The van der Waals surface area contributed by atoms with Gasteiger partial charge in [-0.25, -0.2) is 0 Å². The van der Waals surface area contributed by atoms with Crippen molar-refractivity contribution in [2.24, 2.45) is 0 Å². The van der Waals surface area contributed by atoms with E-state index >= 15 is 0 Å². The topological polar surface area (TPSA) is 41.5 Å². The highest BCUT2D eigenvalue weighted by atomic mass is 35.5. The maximum absolute atomic E-state index is 9.97. The van der Waals surface area contributed by atoms with Crippen molar-refractivity contribution in [3.8, 4) is 5.75 Å². The molecule has 2 N–H and O–H groups in total. The zero-order valence-electron chi connectivity index (χ0n) is 12.3. The van der Waals surface area contributed by atoms with Crippen molar-refractivity contribution in [1.29, 1.82) is 0 Å². The summed E-state index contributed by atoms with van der Waals surface area (Å²) in [5, 5.41) is 13.8. The number of halogens is 1. The SMILES string of the molecule is Cc1ccc(OCC(O)CNc2cc(Cl)ccc2C)cc1. The Morgan fingerprint density at radius 2 is 1.86 bits per heavy atom. The molecule has 0 saturated heterocycles. The molecule has 0 fully saturated rings. The molecule has 21 heavy (non-hydrogen) atoms. The first-order valence-corrected chi connectivity index (χ1v) is 7.30. The molecule has 4 heteroatoms. The van der Waals surface area contributed by atoms with E-state index in [-0.39, 0.29) is 6.61 Å². The van der Waals surface area contributed by atoms with Gasteiger partial charge < -0.3 is 15.2 Å². The van der Waals surface area contributed by atoms with Crippen LogP contribution in [-0.4, -0.2) is 24.4 Å². The number of anilines is 1. The molecule has 0 aromatic heterocycles. The Hall–Kier alpha value is -1.71. The molecule has 0 spiro atoms. The summed E-state index contributed by atoms with van der Waals surface area (Å²) in [6.45, 7) is 4.67. The summed E-state index contributed by atoms with van der Waals surface area (Å²) in [4.78, 5) is 0. The predicted molar refractivity (Wildman–Crippen MR) is 87.4 cm³/mol. The maximum Gasteiger partial charge on any atom is 0.119 e. The van der Waals surface area contributed by atoms with Crippen LogP contribution >= 0.6 is 11.6 Å². The fourth-order valence-corrected chi connectivity index (χ4v) is 2.07. The first kappa shape index (κ1) is 15.7. The minimum absolute atomic E-state index is 0.246. The molecule has 2 rings (SSSR count). The van der Waals surface area contributed by atoms with Crippen LogP contribution in [0, 0.1) is 13.8 Å². The fraction of sp³-hybridized carbons (Fsp3) is 0.294. The van der Waals surface area contributed by atoms with E-state index in [4.69, 9.17) is 16.3 Å². The first-order chi connectivity index (χ1) is 10.0. The molecule has 2 aromatic rings. The third kappa shape index (κ3) is 4.96. The largest absolute Gasteiger partial charge is 0.491 e. The van der Waals surface area contributed by atoms with E-state index in [0.717, 1.165) is 17.0 Å². The van der Waals surface area contributed by atoms with Crippen molar-refractivity contribution >= 4 is 17.3 Å². The minimum Gasteiger partial charge on any atom is -0.491 e. The molecule has 3 nitrogen and oxygen atoms in total. The third-order valence-corrected chi connectivity index (χ3v) is 3.43. The molecule has 2 aromatic carbocycles. The number of hydrogen-bond acceptors (Lipinski definition) is 3. The zero-order valence-corrected chi connectivity index (χ0v) is 13.0. The molecule has 0 amide bonds. The number of hydrogen-bond donors (Lipinski definition) is 2. The number of rotatable bonds is 6. The highest BCUT2D eigenvalue weighted by Gasteiger charge is 2.07. The second-order valence-electron chi connectivity index (χ2n) is 5.12. The first-order valence-electron chi connectivity index (χ1n) is 6.92. The van der Waals surface area contributed by atoms with Crippen LogP contribution in [0.4, 0.5) is 5.69 Å². The number of nitrogens with one attached hydrogen (secondary N) is 1. The number of benzene rings is 2. The highest BCUT2D eigenvalue weighted by molar-refractivity contribution is 6.30. The number of aliphatic hydroxyl groups excluding tert-OH is 1. The highest BCUT2D eigenvalue weighted by Crippen LogP contribution is 2.20. The Kier molecular flexibility index (Phi) is 5.48. The molecule has 0 bridgehead atoms. The Labute approximate surface area is 130 Å². The average molecular weight is 306 g/mol. The summed E-state index contributed by atoms with van der Waals surface area (Å²) < 4.78 is 5.55. The van der Waals surface area contributed by atoms with Gasteiger partial charge in [-0.15, -0.1) is 0 Å². The maximum atomic E-state index is 9.97. The summed E-state index contributed by atoms with van der Waals surface area (Å²) in [5.74, 6) is 0.763. The Balaban J connectivity index is 1.80. The molecule has 0 radical (unpaired) electrons. The Morgan fingerprint density at radius 3 is 2.57 bits per heavy atom. The summed E-state index contributed by atoms with van der Waals surface area (Å²) in [5.41, 5.74) is 3.20. The van der Waals surface area contributed by atoms with Crippen LogP contribution in [0.15, 0.2) is 42.5 Å². The van der Waals surface area contributed by atoms with Crippen molar-refractivity contribution in [2.75, 3.05) is 18.5 Å². The third-order valence-electron chi connectivity index (χ3n) is 3.19. The van der Waals surface area contributed by atoms with E-state index in [9.17, 15) is 5.11 Å². The van der Waals surface area contributed by atoms with Gasteiger partial charge in [0.2, 0.25) is 0 Å². The zero-order chi connectivity index (χ0) is 15.2. The van der Waals surface area contributed by atoms with Gasteiger partial charge in [0, 0.05) is 17.3 Å². The quantitative estimate of drug-likeness (QED) is 0.853. The lowest BCUT2D eigenvalue weighted by molar-refractivity contribution is 0.117. The molecule has 0 aliphatic heterocycles. The van der Waals surface area contributed by atoms with Crippen molar-refractivity contribution in [2.45, 2.75) is 20.0 Å². The smallest absolute Gasteiger partial charge is 0.119 e. The molecule has 0 saturated carbocycles. The van der Waals surface area contributed by atoms with Crippen LogP contribution in [0.1, 0.15) is 11.1 Å². The van der Waals surface area contributed by atoms with Crippen molar-refractivity contribution in [1.82, 2.24) is 0 Å². The van der Waals surface area contributed by atoms with Crippen molar-refractivity contribution < 1.29 is 9.84 Å². The van der Waals surface area contributed by atoms with Crippen LogP contribution < -0.4 is 10.1 Å². The summed E-state index contributed by atoms with van der Waals surface area (Å²) in [7, 11) is 0. The number of ether oxygens (including phenoxy) is 1. The lowest BCUT2D eigenvalue weighted by Crippen LogP contribution is -2.26. The monoisotopic (exact) mass is 305 g/mol. The number of aliphatic hydroxyl groups is 1. The van der Waals surface area contributed by atoms with Crippen molar-refractivity contribution in [3.05, 3.63) is 58.6 Å². The van der Waals surface area contributed by atoms with Gasteiger partial charge in [-0.1, -0.05) is 35.4 Å². The van der Waals surface area contributed by atoms with Gasteiger partial charge in [-0.2, -0.15) is 0 Å². The normalized spacial score (nSPS) is 12.0. The molecular formula is C17H20ClNO2. The van der Waals surface area contributed by atoms with Crippen LogP contribution in [0.25, 0.3) is 0 Å². The van der Waals surface area contributed by atoms with Gasteiger partial charge in [0.25, 0.3) is 0 Å². The second-order valence-corrected chi connectivity index (χ2v) is 5.55. The van der Waals surface area contributed by atoms with E-state index in [1.807, 2.05) is 56.3 Å². The van der Waals surface area contributed by atoms with E-state index in [2.05, 4.69) is 5.32 Å². The lowest BCUT2D eigenvalue weighted by atomic mass is 10.2. The van der Waals surface area contributed by atoms with Crippen LogP contribution in [0.3, 0.4) is 0 Å². The molecule has 112 valence electrons. The van der Waals surface area contributed by atoms with Crippen LogP contribution in [0.2, 0.25) is 5.02 Å². The number of aryl methyl sites for hydroxylation is 2. The summed E-state index contributed by atoms with van der Waals surface area (Å²) in [6, 6.07) is 13.4. The van der Waals surface area contributed by atoms with Gasteiger partial charge >= 0.3 is 0 Å². The molecule has 1 atom stereocenters. The lowest BCUT2D eigenvalue weighted by Gasteiger charge is -2.15. The van der Waals surface area contributed by atoms with Crippen LogP contribution in [0.5, 0.6) is 5.75 Å². The predicted octanol–water partition coefficient (Wildman–Crippen LogP) is 3.81. The van der Waals surface area contributed by atoms with E-state index in [1.165, 1.54) is 5.56 Å². The summed E-state index contributed by atoms with van der Waals surface area (Å²) in [6.07, 6.45) is -0.593. The van der Waals surface area contributed by atoms with E-state index in [1.54, 1.807) is 0 Å². The Morgan fingerprint density at radius 1 is 1.14 bits per heavy atom. The van der Waals surface area contributed by atoms with Crippen molar-refractivity contribution in [3.63, 3.8) is 0 Å². The molecular weight excluding hydrogens is 286 g/mol. The van der Waals surface area contributed by atoms with Crippen LogP contribution in [-0.2, 0) is 0 Å². The van der Waals surface area contributed by atoms with Gasteiger partial charge in [0.15, 0.2) is 0 Å². The fourth-order valence-electron chi connectivity index (χ4n) is 1.90. The standard InChI is InChI=1S/C17H20ClNO2/c1-12-3-7-16(8-4-12)21-11-15(20)10-19-17-9-14(18)6-5-13(17)2/h3-9,15,19-20H,10-11H2,1-2H3. The van der Waals surface area contributed by atoms with Gasteiger partial charge in [-0.3, -0.25) is 0 Å². The van der Waals surface area contributed by atoms with E-state index < -0.39 is 6.10 Å². The molecule has 0 aliphatic carbocycles. The molecule has 0 aliphatic rings.